The average Bonchev–Trinajstić information content (AvgIpc) is 2.27. The third kappa shape index (κ3) is 24.5. The fourth-order valence-corrected chi connectivity index (χ4v) is 0.233. The Morgan fingerprint density at radius 3 is 2.13 bits per heavy atom. The van der Waals surface area contributed by atoms with Crippen LogP contribution < -0.4 is 0 Å². The minimum Gasteiger partial charge on any atom is -0.219 e. The maximum absolute atomic E-state index is 7.44. The molecular formula is C9H16O6. The normalized spacial score (nSPS) is 7.20. The summed E-state index contributed by atoms with van der Waals surface area (Å²) in [6.07, 6.45) is 10.2. The van der Waals surface area contributed by atoms with E-state index in [4.69, 9.17) is 18.1 Å². The number of rotatable bonds is 6. The largest absolute Gasteiger partial charge is 0.219 e. The van der Waals surface area contributed by atoms with Gasteiger partial charge in [-0.2, -0.15) is 0 Å². The lowest BCUT2D eigenvalue weighted by Crippen LogP contribution is -1.98. The zero-order chi connectivity index (χ0) is 11.8. The molecule has 0 saturated carbocycles. The van der Waals surface area contributed by atoms with E-state index in [2.05, 4.69) is 48.7 Å². The molecule has 0 bridgehead atoms. The van der Waals surface area contributed by atoms with Crippen molar-refractivity contribution >= 4 is 0 Å². The molecule has 88 valence electrons. The van der Waals surface area contributed by atoms with Gasteiger partial charge in [0.2, 0.25) is 0 Å². The molecule has 0 amide bonds. The Bertz CT molecular complexity index is 238. The summed E-state index contributed by atoms with van der Waals surface area (Å²) >= 11 is 0. The molecule has 0 aromatic rings. The van der Waals surface area contributed by atoms with Crippen molar-refractivity contribution in [3.8, 4) is 36.5 Å². The molecule has 0 aliphatic heterocycles. The van der Waals surface area contributed by atoms with Gasteiger partial charge in [-0.1, -0.05) is 6.92 Å². The van der Waals surface area contributed by atoms with Gasteiger partial charge in [-0.25, -0.2) is 10.1 Å². The molecule has 0 aliphatic carbocycles. The first-order valence-electron chi connectivity index (χ1n) is 3.67. The third-order valence-electron chi connectivity index (χ3n) is 0.628. The van der Waals surface area contributed by atoms with Crippen LogP contribution in [0.5, 0.6) is 0 Å². The molecule has 0 heterocycles. The summed E-state index contributed by atoms with van der Waals surface area (Å²) in [5.41, 5.74) is 0. The summed E-state index contributed by atoms with van der Waals surface area (Å²) in [6, 6.07) is 0. The molecule has 6 nitrogen and oxygen atoms in total. The molecule has 0 atom stereocenters. The monoisotopic (exact) mass is 220 g/mol. The van der Waals surface area contributed by atoms with E-state index in [1.165, 1.54) is 0 Å². The summed E-state index contributed by atoms with van der Waals surface area (Å²) in [6.45, 7) is 2.25. The number of hydrogen-bond acceptors (Lipinski definition) is 6. The minimum atomic E-state index is 0. The molecule has 0 radical (unpaired) electrons. The number of hydrogen-bond donors (Lipinski definition) is 1. The van der Waals surface area contributed by atoms with Crippen LogP contribution in [0, 0.1) is 36.5 Å². The summed E-state index contributed by atoms with van der Waals surface area (Å²) < 4.78 is 0. The zero-order valence-corrected chi connectivity index (χ0v) is 8.06. The van der Waals surface area contributed by atoms with E-state index in [1.54, 1.807) is 0 Å². The Kier molecular flexibility index (Phi) is 19.4. The van der Waals surface area contributed by atoms with Crippen LogP contribution in [-0.2, 0) is 25.0 Å². The van der Waals surface area contributed by atoms with E-state index in [-0.39, 0.29) is 4.28 Å². The van der Waals surface area contributed by atoms with Crippen molar-refractivity contribution in [1.82, 2.24) is 0 Å². The SMILES string of the molecule is C#CC#CC#C.CCCOOOOOO.[HH].[HH].[HH]. The number of terminal acetylenes is 2. The maximum Gasteiger partial charge on any atom is 0.0852 e. The molecule has 0 fully saturated rings. The van der Waals surface area contributed by atoms with Crippen LogP contribution in [0.3, 0.4) is 0 Å². The first-order valence-corrected chi connectivity index (χ1v) is 3.67. The van der Waals surface area contributed by atoms with Crippen LogP contribution in [0.4, 0.5) is 0 Å². The summed E-state index contributed by atoms with van der Waals surface area (Å²) in [7, 11) is 0. The fourth-order valence-electron chi connectivity index (χ4n) is 0.233. The Morgan fingerprint density at radius 1 is 1.13 bits per heavy atom. The van der Waals surface area contributed by atoms with Crippen LogP contribution in [0.15, 0.2) is 0 Å². The lowest BCUT2D eigenvalue weighted by Gasteiger charge is -1.95. The Labute approximate surface area is 92.1 Å². The molecule has 0 rings (SSSR count). The Balaban J connectivity index is -0.0000000566. The molecule has 0 aromatic heterocycles. The van der Waals surface area contributed by atoms with E-state index in [0.717, 1.165) is 6.42 Å². The second-order valence-corrected chi connectivity index (χ2v) is 1.64. The van der Waals surface area contributed by atoms with E-state index >= 15 is 0 Å². The van der Waals surface area contributed by atoms with Crippen LogP contribution in [0.1, 0.15) is 17.6 Å². The highest BCUT2D eigenvalue weighted by molar-refractivity contribution is 5.31. The smallest absolute Gasteiger partial charge is 0.0852 e. The average molecular weight is 220 g/mol. The van der Waals surface area contributed by atoms with Gasteiger partial charge in [-0.05, 0) is 50.3 Å². The highest BCUT2D eigenvalue weighted by Gasteiger charge is 1.87. The minimum absolute atomic E-state index is 0. The molecule has 0 aromatic carbocycles. The molecule has 0 spiro atoms. The standard InChI is InChI=1S/C6H2.C3H8O6.3H2/c1-3-5-6-4-2;1-2-3-5-7-9-8-6-4;;;/h1-2H;4H,2-3H2,1H3;3*1H. The summed E-state index contributed by atoms with van der Waals surface area (Å²) in [4.78, 5) is 4.25. The van der Waals surface area contributed by atoms with Gasteiger partial charge in [0, 0.05) is 4.28 Å². The van der Waals surface area contributed by atoms with E-state index in [9.17, 15) is 0 Å². The van der Waals surface area contributed by atoms with Gasteiger partial charge in [0.15, 0.2) is 0 Å². The van der Waals surface area contributed by atoms with E-state index < -0.39 is 0 Å². The lowest BCUT2D eigenvalue weighted by atomic mass is 10.5. The first kappa shape index (κ1) is 15.9. The maximum atomic E-state index is 7.44. The summed E-state index contributed by atoms with van der Waals surface area (Å²) in [5, 5.41) is 21.2. The predicted molar refractivity (Wildman–Crippen MR) is 55.0 cm³/mol. The Hall–Kier alpha value is -1.56. The quantitative estimate of drug-likeness (QED) is 0.317. The van der Waals surface area contributed by atoms with Crippen molar-refractivity contribution in [1.29, 1.82) is 0 Å². The second-order valence-electron chi connectivity index (χ2n) is 1.64. The van der Waals surface area contributed by atoms with Crippen LogP contribution >= 0.6 is 0 Å². The summed E-state index contributed by atoms with van der Waals surface area (Å²) in [5.74, 6) is 8.61. The van der Waals surface area contributed by atoms with E-state index in [0.29, 0.717) is 6.61 Å². The molecule has 0 unspecified atom stereocenters. The molecule has 0 saturated heterocycles. The van der Waals surface area contributed by atoms with Crippen molar-refractivity contribution in [2.45, 2.75) is 13.3 Å². The first-order chi connectivity index (χ1) is 7.33. The van der Waals surface area contributed by atoms with Gasteiger partial charge in [0.05, 0.1) is 6.61 Å². The van der Waals surface area contributed by atoms with Gasteiger partial charge < -0.3 is 0 Å². The van der Waals surface area contributed by atoms with Gasteiger partial charge in [0.25, 0.3) is 0 Å². The van der Waals surface area contributed by atoms with Crippen LogP contribution in [0.25, 0.3) is 0 Å². The van der Waals surface area contributed by atoms with Gasteiger partial charge in [-0.3, -0.25) is 0 Å². The fraction of sp³-hybridized carbons (Fsp3) is 0.333. The van der Waals surface area contributed by atoms with Crippen LogP contribution in [-0.4, -0.2) is 11.9 Å². The van der Waals surface area contributed by atoms with Gasteiger partial charge >= 0.3 is 0 Å². The lowest BCUT2D eigenvalue weighted by molar-refractivity contribution is -0.753. The topological polar surface area (TPSA) is 66.4 Å². The zero-order valence-electron chi connectivity index (χ0n) is 8.06. The molecule has 1 N–H and O–H groups in total. The highest BCUT2D eigenvalue weighted by atomic mass is 17.8. The Morgan fingerprint density at radius 2 is 1.73 bits per heavy atom. The molecular weight excluding hydrogens is 204 g/mol. The highest BCUT2D eigenvalue weighted by Crippen LogP contribution is 1.84. The van der Waals surface area contributed by atoms with Crippen LogP contribution in [0.2, 0.25) is 0 Å². The van der Waals surface area contributed by atoms with E-state index in [1.807, 2.05) is 6.92 Å². The second kappa shape index (κ2) is 18.3. The third-order valence-corrected chi connectivity index (χ3v) is 0.628. The van der Waals surface area contributed by atoms with Crippen molar-refractivity contribution in [3.63, 3.8) is 0 Å². The molecule has 0 aliphatic rings. The molecule has 6 heteroatoms. The van der Waals surface area contributed by atoms with Crippen molar-refractivity contribution < 1.29 is 34.6 Å². The van der Waals surface area contributed by atoms with Gasteiger partial charge in [0.1, 0.15) is 0 Å². The van der Waals surface area contributed by atoms with Crippen molar-refractivity contribution in [2.75, 3.05) is 6.61 Å². The predicted octanol–water partition coefficient (Wildman–Crippen LogP) is 1.61. The van der Waals surface area contributed by atoms with Crippen molar-refractivity contribution in [2.24, 2.45) is 0 Å². The van der Waals surface area contributed by atoms with Gasteiger partial charge in [-0.15, -0.1) is 12.8 Å². The molecule has 15 heavy (non-hydrogen) atoms. The van der Waals surface area contributed by atoms with Crippen molar-refractivity contribution in [3.05, 3.63) is 0 Å².